The van der Waals surface area contributed by atoms with Gasteiger partial charge in [0.05, 0.1) is 11.7 Å². The van der Waals surface area contributed by atoms with Crippen LogP contribution in [0.4, 0.5) is 0 Å². The van der Waals surface area contributed by atoms with Gasteiger partial charge in [-0.2, -0.15) is 0 Å². The van der Waals surface area contributed by atoms with Crippen LogP contribution in [0.3, 0.4) is 0 Å². The van der Waals surface area contributed by atoms with Crippen LogP contribution in [0, 0.1) is 23.7 Å². The molecule has 4 heterocycles. The van der Waals surface area contributed by atoms with Crippen LogP contribution in [0.15, 0.2) is 24.3 Å². The van der Waals surface area contributed by atoms with Crippen molar-refractivity contribution in [3.63, 3.8) is 0 Å². The molecule has 1 unspecified atom stereocenters. The second kappa shape index (κ2) is 7.30. The van der Waals surface area contributed by atoms with Crippen molar-refractivity contribution in [3.05, 3.63) is 35.4 Å². The summed E-state index contributed by atoms with van der Waals surface area (Å²) in [4.78, 5) is 23.2. The first-order valence-corrected chi connectivity index (χ1v) is 11.3. The molecule has 30 heavy (non-hydrogen) atoms. The number of carbonyl (C=O) groups is 1. The number of carboxylic acids is 1. The molecule has 1 aromatic carbocycles. The molecule has 4 aliphatic heterocycles. The van der Waals surface area contributed by atoms with Crippen molar-refractivity contribution in [3.8, 4) is 0 Å². The minimum absolute atomic E-state index is 0.0744. The molecule has 1 saturated carbocycles. The van der Waals surface area contributed by atoms with E-state index in [4.69, 9.17) is 24.4 Å². The minimum atomic E-state index is -0.895. The van der Waals surface area contributed by atoms with Crippen molar-refractivity contribution in [1.29, 1.82) is 0 Å². The maximum Gasteiger partial charge on any atom is 0.335 e. The van der Waals surface area contributed by atoms with E-state index in [1.165, 1.54) is 6.42 Å². The number of rotatable bonds is 4. The minimum Gasteiger partial charge on any atom is -0.478 e. The summed E-state index contributed by atoms with van der Waals surface area (Å²) in [5.74, 6) is 0.00107. The Hall–Kier alpha value is -1.47. The zero-order chi connectivity index (χ0) is 21.1. The number of hydrogen-bond donors (Lipinski definition) is 1. The Kier molecular flexibility index (Phi) is 4.97. The Morgan fingerprint density at radius 3 is 2.60 bits per heavy atom. The first kappa shape index (κ1) is 20.4. The van der Waals surface area contributed by atoms with Crippen LogP contribution in [0.5, 0.6) is 0 Å². The number of aromatic carboxylic acids is 1. The molecule has 164 valence electrons. The highest BCUT2D eigenvalue weighted by Crippen LogP contribution is 2.60. The molecule has 5 aliphatic rings. The SMILES string of the molecule is C[C@H]1[C@@H](CCc2ccc(C(=O)O)cc2)O[C@@H]2OC3(C)CC[C@H]4[C@H](C)CC[C@@H]1[C@@]24OO3. The van der Waals surface area contributed by atoms with Crippen molar-refractivity contribution < 1.29 is 29.1 Å². The average molecular weight is 417 g/mol. The monoisotopic (exact) mass is 416 g/mol. The summed E-state index contributed by atoms with van der Waals surface area (Å²) >= 11 is 0. The van der Waals surface area contributed by atoms with E-state index >= 15 is 0 Å². The van der Waals surface area contributed by atoms with E-state index in [1.807, 2.05) is 19.1 Å². The van der Waals surface area contributed by atoms with E-state index in [1.54, 1.807) is 12.1 Å². The Morgan fingerprint density at radius 2 is 1.87 bits per heavy atom. The van der Waals surface area contributed by atoms with E-state index in [0.717, 1.165) is 37.7 Å². The maximum absolute atomic E-state index is 11.1. The topological polar surface area (TPSA) is 74.2 Å². The highest BCUT2D eigenvalue weighted by Gasteiger charge is 2.69. The lowest BCUT2D eigenvalue weighted by Gasteiger charge is -2.60. The standard InChI is InChI=1S/C24H32O6/c1-14-4-10-19-15(2)20(11-7-16-5-8-17(9-6-16)21(25)26)27-22-24(19)18(14)12-13-23(3,28-22)29-30-24/h5-6,8-9,14-15,18-20,22H,4,7,10-13H2,1-3H3,(H,25,26)/t14-,15-,18+,19+,20-,22-,23?,24-/m1/s1. The van der Waals surface area contributed by atoms with Crippen LogP contribution in [0.25, 0.3) is 0 Å². The third kappa shape index (κ3) is 3.11. The second-order valence-electron chi connectivity index (χ2n) is 9.98. The van der Waals surface area contributed by atoms with Crippen LogP contribution in [0.1, 0.15) is 68.8 Å². The fourth-order valence-corrected chi connectivity index (χ4v) is 6.43. The summed E-state index contributed by atoms with van der Waals surface area (Å²) in [5, 5.41) is 9.10. The summed E-state index contributed by atoms with van der Waals surface area (Å²) < 4.78 is 13.0. The number of benzene rings is 1. The third-order valence-corrected chi connectivity index (χ3v) is 8.21. The van der Waals surface area contributed by atoms with Gasteiger partial charge in [0.15, 0.2) is 11.9 Å². The van der Waals surface area contributed by atoms with Crippen LogP contribution in [-0.2, 0) is 25.7 Å². The fraction of sp³-hybridized carbons (Fsp3) is 0.708. The molecule has 0 aromatic heterocycles. The molecule has 5 fully saturated rings. The van der Waals surface area contributed by atoms with Crippen molar-refractivity contribution >= 4 is 5.97 Å². The van der Waals surface area contributed by atoms with E-state index in [-0.39, 0.29) is 6.10 Å². The van der Waals surface area contributed by atoms with Gasteiger partial charge in [0.25, 0.3) is 0 Å². The molecule has 6 rings (SSSR count). The molecule has 6 nitrogen and oxygen atoms in total. The predicted octanol–water partition coefficient (Wildman–Crippen LogP) is 4.57. The molecule has 0 amide bonds. The van der Waals surface area contributed by atoms with E-state index in [9.17, 15) is 4.79 Å². The van der Waals surface area contributed by atoms with Gasteiger partial charge in [-0.05, 0) is 74.5 Å². The van der Waals surface area contributed by atoms with Crippen molar-refractivity contribution in [2.24, 2.45) is 23.7 Å². The summed E-state index contributed by atoms with van der Waals surface area (Å²) in [5.41, 5.74) is 0.937. The Labute approximate surface area is 177 Å². The average Bonchev–Trinajstić information content (AvgIpc) is 2.96. The quantitative estimate of drug-likeness (QED) is 0.725. The van der Waals surface area contributed by atoms with E-state index < -0.39 is 23.6 Å². The normalized spacial score (nSPS) is 44.9. The van der Waals surface area contributed by atoms with Crippen molar-refractivity contribution in [2.45, 2.75) is 83.1 Å². The zero-order valence-corrected chi connectivity index (χ0v) is 18.0. The third-order valence-electron chi connectivity index (χ3n) is 8.21. The molecule has 1 N–H and O–H groups in total. The van der Waals surface area contributed by atoms with Gasteiger partial charge >= 0.3 is 5.97 Å². The largest absolute Gasteiger partial charge is 0.478 e. The number of ether oxygens (including phenoxy) is 2. The van der Waals surface area contributed by atoms with Crippen molar-refractivity contribution in [2.75, 3.05) is 0 Å². The highest BCUT2D eigenvalue weighted by atomic mass is 17.3. The Balaban J connectivity index is 1.37. The van der Waals surface area contributed by atoms with Gasteiger partial charge in [0.1, 0.15) is 0 Å². The molecule has 1 spiro atoms. The summed E-state index contributed by atoms with van der Waals surface area (Å²) in [6, 6.07) is 7.15. The predicted molar refractivity (Wildman–Crippen MR) is 109 cm³/mol. The molecule has 1 aliphatic carbocycles. The summed E-state index contributed by atoms with van der Waals surface area (Å²) in [6.07, 6.45) is 5.57. The fourth-order valence-electron chi connectivity index (χ4n) is 6.43. The molecule has 4 saturated heterocycles. The number of fused-ring (bicyclic) bond motifs is 2. The summed E-state index contributed by atoms with van der Waals surface area (Å²) in [6.45, 7) is 6.56. The zero-order valence-electron chi connectivity index (χ0n) is 18.0. The first-order valence-electron chi connectivity index (χ1n) is 11.3. The lowest BCUT2D eigenvalue weighted by atomic mass is 9.57. The molecule has 8 atom stereocenters. The second-order valence-corrected chi connectivity index (χ2v) is 9.98. The van der Waals surface area contributed by atoms with Crippen LogP contribution in [-0.4, -0.2) is 34.9 Å². The molecule has 1 aromatic rings. The van der Waals surface area contributed by atoms with Crippen LogP contribution < -0.4 is 0 Å². The number of carboxylic acid groups (broad SMARTS) is 1. The van der Waals surface area contributed by atoms with Gasteiger partial charge in [-0.1, -0.05) is 26.0 Å². The number of hydrogen-bond acceptors (Lipinski definition) is 5. The van der Waals surface area contributed by atoms with E-state index in [0.29, 0.717) is 29.2 Å². The maximum atomic E-state index is 11.1. The van der Waals surface area contributed by atoms with Gasteiger partial charge in [0.2, 0.25) is 5.79 Å². The molecule has 0 radical (unpaired) electrons. The lowest BCUT2D eigenvalue weighted by Crippen LogP contribution is -2.70. The smallest absolute Gasteiger partial charge is 0.335 e. The van der Waals surface area contributed by atoms with Gasteiger partial charge in [-0.3, -0.25) is 0 Å². The summed E-state index contributed by atoms with van der Waals surface area (Å²) in [7, 11) is 0. The van der Waals surface area contributed by atoms with Crippen LogP contribution in [0.2, 0.25) is 0 Å². The van der Waals surface area contributed by atoms with Crippen LogP contribution >= 0.6 is 0 Å². The lowest BCUT2D eigenvalue weighted by molar-refractivity contribution is -0.571. The molecule has 6 heteroatoms. The van der Waals surface area contributed by atoms with Gasteiger partial charge in [-0.15, -0.1) is 0 Å². The molecular formula is C24H32O6. The van der Waals surface area contributed by atoms with Gasteiger partial charge in [0, 0.05) is 12.3 Å². The number of aryl methyl sites for hydroxylation is 1. The highest BCUT2D eigenvalue weighted by molar-refractivity contribution is 5.87. The van der Waals surface area contributed by atoms with Gasteiger partial charge < -0.3 is 14.6 Å². The van der Waals surface area contributed by atoms with Crippen molar-refractivity contribution in [1.82, 2.24) is 0 Å². The molecular weight excluding hydrogens is 384 g/mol. The Morgan fingerprint density at radius 1 is 1.10 bits per heavy atom. The van der Waals surface area contributed by atoms with E-state index in [2.05, 4.69) is 13.8 Å². The molecule has 2 bridgehead atoms. The first-order chi connectivity index (χ1) is 14.3. The van der Waals surface area contributed by atoms with Gasteiger partial charge in [-0.25, -0.2) is 14.6 Å². The Bertz CT molecular complexity index is 808.